The molecule has 0 aliphatic rings. The summed E-state index contributed by atoms with van der Waals surface area (Å²) in [5.74, 6) is -0.171. The summed E-state index contributed by atoms with van der Waals surface area (Å²) in [4.78, 5) is 12.5. The molecule has 5 nitrogen and oxygen atoms in total. The van der Waals surface area contributed by atoms with Gasteiger partial charge in [-0.3, -0.25) is 4.79 Å². The minimum Gasteiger partial charge on any atom is -0.348 e. The largest absolute Gasteiger partial charge is 0.348 e. The summed E-state index contributed by atoms with van der Waals surface area (Å²) in [6.45, 7) is 3.07. The highest BCUT2D eigenvalue weighted by Gasteiger charge is 2.11. The summed E-state index contributed by atoms with van der Waals surface area (Å²) in [7, 11) is 0. The van der Waals surface area contributed by atoms with Crippen LogP contribution in [0.25, 0.3) is 11.0 Å². The maximum Gasteiger partial charge on any atom is 0.251 e. The van der Waals surface area contributed by atoms with Crippen molar-refractivity contribution in [3.8, 4) is 0 Å². The molecule has 0 spiro atoms. The Balaban J connectivity index is 1.49. The lowest BCUT2D eigenvalue weighted by atomic mass is 10.1. The number of hydrogen-bond donors (Lipinski definition) is 1. The molecule has 1 aromatic heterocycles. The van der Waals surface area contributed by atoms with Crippen molar-refractivity contribution in [3.05, 3.63) is 94.0 Å². The van der Waals surface area contributed by atoms with Gasteiger partial charge >= 0.3 is 0 Å². The van der Waals surface area contributed by atoms with Crippen LogP contribution in [0.5, 0.6) is 0 Å². The summed E-state index contributed by atoms with van der Waals surface area (Å²) in [5, 5.41) is 12.0. The van der Waals surface area contributed by atoms with Crippen LogP contribution in [0.2, 0.25) is 5.02 Å². The van der Waals surface area contributed by atoms with E-state index >= 15 is 0 Å². The first-order chi connectivity index (χ1) is 13.6. The predicted octanol–water partition coefficient (Wildman–Crippen LogP) is 4.37. The molecular weight excluding hydrogens is 372 g/mol. The smallest absolute Gasteiger partial charge is 0.251 e. The van der Waals surface area contributed by atoms with Gasteiger partial charge in [-0.1, -0.05) is 64.8 Å². The Morgan fingerprint density at radius 3 is 2.64 bits per heavy atom. The lowest BCUT2D eigenvalue weighted by Gasteiger charge is -2.07. The topological polar surface area (TPSA) is 59.8 Å². The zero-order valence-electron chi connectivity index (χ0n) is 15.4. The highest BCUT2D eigenvalue weighted by molar-refractivity contribution is 6.31. The van der Waals surface area contributed by atoms with Crippen LogP contribution in [0, 0.1) is 6.92 Å². The SMILES string of the molecule is Cc1ccc(Cn2nnc3cc(C(=O)NCc4ccccc4Cl)ccc32)cc1. The molecule has 6 heteroatoms. The van der Waals surface area contributed by atoms with Crippen molar-refractivity contribution in [2.45, 2.75) is 20.0 Å². The minimum absolute atomic E-state index is 0.171. The fourth-order valence-electron chi connectivity index (χ4n) is 3.02. The molecule has 1 heterocycles. The summed E-state index contributed by atoms with van der Waals surface area (Å²) in [6.07, 6.45) is 0. The fourth-order valence-corrected chi connectivity index (χ4v) is 3.22. The van der Waals surface area contributed by atoms with E-state index in [1.807, 2.05) is 35.0 Å². The van der Waals surface area contributed by atoms with Gasteiger partial charge in [0.05, 0.1) is 12.1 Å². The maximum absolute atomic E-state index is 12.5. The van der Waals surface area contributed by atoms with Gasteiger partial charge in [0.25, 0.3) is 5.91 Å². The number of amides is 1. The molecule has 0 saturated carbocycles. The van der Waals surface area contributed by atoms with E-state index < -0.39 is 0 Å². The van der Waals surface area contributed by atoms with Crippen molar-refractivity contribution in [1.29, 1.82) is 0 Å². The molecule has 0 radical (unpaired) electrons. The highest BCUT2D eigenvalue weighted by Crippen LogP contribution is 2.17. The van der Waals surface area contributed by atoms with E-state index in [1.54, 1.807) is 12.1 Å². The van der Waals surface area contributed by atoms with Crippen molar-refractivity contribution in [2.24, 2.45) is 0 Å². The van der Waals surface area contributed by atoms with Crippen LogP contribution in [-0.2, 0) is 13.1 Å². The number of benzene rings is 3. The van der Waals surface area contributed by atoms with Crippen molar-refractivity contribution in [3.63, 3.8) is 0 Å². The van der Waals surface area contributed by atoms with Gasteiger partial charge in [-0.15, -0.1) is 5.10 Å². The van der Waals surface area contributed by atoms with E-state index in [1.165, 1.54) is 5.56 Å². The van der Waals surface area contributed by atoms with Crippen molar-refractivity contribution in [2.75, 3.05) is 0 Å². The number of carbonyl (C=O) groups excluding carboxylic acids is 1. The zero-order chi connectivity index (χ0) is 19.5. The fraction of sp³-hybridized carbons (Fsp3) is 0.136. The molecule has 3 aromatic carbocycles. The van der Waals surface area contributed by atoms with Crippen molar-refractivity contribution in [1.82, 2.24) is 20.3 Å². The number of nitrogens with one attached hydrogen (secondary N) is 1. The Labute approximate surface area is 167 Å². The van der Waals surface area contributed by atoms with Crippen LogP contribution in [0.15, 0.2) is 66.7 Å². The summed E-state index contributed by atoms with van der Waals surface area (Å²) in [5.41, 5.74) is 5.38. The summed E-state index contributed by atoms with van der Waals surface area (Å²) >= 11 is 6.14. The number of halogens is 1. The first-order valence-electron chi connectivity index (χ1n) is 9.00. The molecule has 4 aromatic rings. The molecule has 0 atom stereocenters. The first kappa shape index (κ1) is 18.2. The second kappa shape index (κ2) is 7.82. The quantitative estimate of drug-likeness (QED) is 0.550. The van der Waals surface area contributed by atoms with Gasteiger partial charge in [0, 0.05) is 17.1 Å². The first-order valence-corrected chi connectivity index (χ1v) is 9.38. The monoisotopic (exact) mass is 390 g/mol. The molecule has 1 N–H and O–H groups in total. The standard InChI is InChI=1S/C22H19ClN4O/c1-15-6-8-16(9-7-15)14-27-21-11-10-17(12-20(21)25-26-27)22(28)24-13-18-4-2-3-5-19(18)23/h2-12H,13-14H2,1H3,(H,24,28). The number of aryl methyl sites for hydroxylation is 1. The Bertz CT molecular complexity index is 1130. The molecule has 0 bridgehead atoms. The van der Waals surface area contributed by atoms with Gasteiger partial charge in [0.2, 0.25) is 0 Å². The molecule has 4 rings (SSSR count). The van der Waals surface area contributed by atoms with Crippen molar-refractivity contribution >= 4 is 28.5 Å². The van der Waals surface area contributed by atoms with E-state index in [0.717, 1.165) is 16.6 Å². The Morgan fingerprint density at radius 2 is 1.86 bits per heavy atom. The molecule has 0 aliphatic carbocycles. The minimum atomic E-state index is -0.171. The van der Waals surface area contributed by atoms with E-state index in [2.05, 4.69) is 46.8 Å². The Morgan fingerprint density at radius 1 is 1.07 bits per heavy atom. The lowest BCUT2D eigenvalue weighted by molar-refractivity contribution is 0.0951. The lowest BCUT2D eigenvalue weighted by Crippen LogP contribution is -2.22. The average Bonchev–Trinajstić information content (AvgIpc) is 3.11. The van der Waals surface area contributed by atoms with Gasteiger partial charge in [0.15, 0.2) is 0 Å². The molecule has 140 valence electrons. The van der Waals surface area contributed by atoms with E-state index in [0.29, 0.717) is 29.2 Å². The third kappa shape index (κ3) is 3.89. The maximum atomic E-state index is 12.5. The summed E-state index contributed by atoms with van der Waals surface area (Å²) < 4.78 is 1.84. The number of hydrogen-bond acceptors (Lipinski definition) is 3. The van der Waals surface area contributed by atoms with Crippen LogP contribution in [0.4, 0.5) is 0 Å². The van der Waals surface area contributed by atoms with Crippen LogP contribution in [0.1, 0.15) is 27.0 Å². The number of rotatable bonds is 5. The summed E-state index contributed by atoms with van der Waals surface area (Å²) in [6, 6.07) is 21.2. The second-order valence-electron chi connectivity index (χ2n) is 6.71. The van der Waals surface area contributed by atoms with Crippen LogP contribution in [0.3, 0.4) is 0 Å². The second-order valence-corrected chi connectivity index (χ2v) is 7.12. The van der Waals surface area contributed by atoms with E-state index in [4.69, 9.17) is 11.6 Å². The highest BCUT2D eigenvalue weighted by atomic mass is 35.5. The van der Waals surface area contributed by atoms with Crippen LogP contribution >= 0.6 is 11.6 Å². The third-order valence-electron chi connectivity index (χ3n) is 4.63. The molecule has 0 aliphatic heterocycles. The van der Waals surface area contributed by atoms with Crippen LogP contribution in [-0.4, -0.2) is 20.9 Å². The van der Waals surface area contributed by atoms with Gasteiger partial charge in [-0.25, -0.2) is 4.68 Å². The van der Waals surface area contributed by atoms with Gasteiger partial charge in [0.1, 0.15) is 5.52 Å². The normalized spacial score (nSPS) is 10.9. The molecular formula is C22H19ClN4O. The Hall–Kier alpha value is -3.18. The average molecular weight is 391 g/mol. The Kier molecular flexibility index (Phi) is 5.08. The molecule has 0 fully saturated rings. The number of nitrogens with zero attached hydrogens (tertiary/aromatic N) is 3. The van der Waals surface area contributed by atoms with Crippen LogP contribution < -0.4 is 5.32 Å². The van der Waals surface area contributed by atoms with Gasteiger partial charge in [-0.2, -0.15) is 0 Å². The third-order valence-corrected chi connectivity index (χ3v) is 5.00. The van der Waals surface area contributed by atoms with Gasteiger partial charge in [-0.05, 0) is 42.3 Å². The van der Waals surface area contributed by atoms with Crippen molar-refractivity contribution < 1.29 is 4.79 Å². The molecule has 0 saturated heterocycles. The van der Waals surface area contributed by atoms with Gasteiger partial charge < -0.3 is 5.32 Å². The number of carbonyl (C=O) groups is 1. The number of aromatic nitrogens is 3. The van der Waals surface area contributed by atoms with E-state index in [9.17, 15) is 4.79 Å². The van der Waals surface area contributed by atoms with E-state index in [-0.39, 0.29) is 5.91 Å². The predicted molar refractivity (Wildman–Crippen MR) is 110 cm³/mol. The molecule has 28 heavy (non-hydrogen) atoms. The molecule has 0 unspecified atom stereocenters. The molecule has 1 amide bonds. The number of fused-ring (bicyclic) bond motifs is 1. The zero-order valence-corrected chi connectivity index (χ0v) is 16.1.